The van der Waals surface area contributed by atoms with Crippen LogP contribution >= 0.6 is 0 Å². The number of carbonyl (C=O) groups excluding carboxylic acids is 2. The van der Waals surface area contributed by atoms with Gasteiger partial charge in [0.05, 0.1) is 6.61 Å². The first-order valence-electron chi connectivity index (χ1n) is 11.4. The van der Waals surface area contributed by atoms with Gasteiger partial charge in [0.25, 0.3) is 11.8 Å². The minimum atomic E-state index is -0.121. The van der Waals surface area contributed by atoms with E-state index in [0.29, 0.717) is 29.6 Å². The van der Waals surface area contributed by atoms with Crippen LogP contribution in [0.4, 0.5) is 0 Å². The van der Waals surface area contributed by atoms with Crippen molar-refractivity contribution >= 4 is 11.8 Å². The first-order chi connectivity index (χ1) is 14.4. The number of hydrogen-bond donors (Lipinski definition) is 1. The number of hydrogen-bond acceptors (Lipinski definition) is 4. The van der Waals surface area contributed by atoms with Gasteiger partial charge in [0.2, 0.25) is 0 Å². The Balaban J connectivity index is 1.94. The SMILES string of the molecule is CCOc1cc(C(=O)NC(C)CCCC(C)C)ccc1OCC(=O)N1CCCCC1. The number of benzene rings is 1. The maximum atomic E-state index is 12.6. The third kappa shape index (κ3) is 7.88. The quantitative estimate of drug-likeness (QED) is 0.578. The number of rotatable bonds is 11. The summed E-state index contributed by atoms with van der Waals surface area (Å²) in [5.41, 5.74) is 0.531. The Morgan fingerprint density at radius 3 is 2.43 bits per heavy atom. The summed E-state index contributed by atoms with van der Waals surface area (Å²) < 4.78 is 11.4. The molecule has 1 unspecified atom stereocenters. The number of nitrogens with zero attached hydrogens (tertiary/aromatic N) is 1. The predicted molar refractivity (Wildman–Crippen MR) is 119 cm³/mol. The second kappa shape index (κ2) is 12.5. The number of piperidine rings is 1. The molecule has 1 fully saturated rings. The highest BCUT2D eigenvalue weighted by Crippen LogP contribution is 2.29. The van der Waals surface area contributed by atoms with E-state index >= 15 is 0 Å². The van der Waals surface area contributed by atoms with Gasteiger partial charge in [-0.05, 0) is 63.6 Å². The molecular weight excluding hydrogens is 380 g/mol. The lowest BCUT2D eigenvalue weighted by Gasteiger charge is -2.26. The molecule has 1 atom stereocenters. The largest absolute Gasteiger partial charge is 0.490 e. The van der Waals surface area contributed by atoms with Gasteiger partial charge < -0.3 is 19.7 Å². The highest BCUT2D eigenvalue weighted by atomic mass is 16.5. The van der Waals surface area contributed by atoms with Crippen LogP contribution in [-0.2, 0) is 4.79 Å². The van der Waals surface area contributed by atoms with Gasteiger partial charge in [0.1, 0.15) is 0 Å². The van der Waals surface area contributed by atoms with Crippen LogP contribution in [0.25, 0.3) is 0 Å². The topological polar surface area (TPSA) is 67.9 Å². The van der Waals surface area contributed by atoms with E-state index in [-0.39, 0.29) is 24.5 Å². The maximum Gasteiger partial charge on any atom is 0.260 e. The molecule has 0 saturated carbocycles. The number of amides is 2. The van der Waals surface area contributed by atoms with E-state index < -0.39 is 0 Å². The van der Waals surface area contributed by atoms with E-state index in [9.17, 15) is 9.59 Å². The Morgan fingerprint density at radius 2 is 1.77 bits per heavy atom. The first kappa shape index (κ1) is 24.0. The fourth-order valence-electron chi connectivity index (χ4n) is 3.62. The van der Waals surface area contributed by atoms with E-state index in [1.807, 2.05) is 18.7 Å². The minimum absolute atomic E-state index is 0.00538. The van der Waals surface area contributed by atoms with Crippen LogP contribution in [0.2, 0.25) is 0 Å². The molecule has 2 amide bonds. The highest BCUT2D eigenvalue weighted by molar-refractivity contribution is 5.95. The molecule has 0 radical (unpaired) electrons. The first-order valence-corrected chi connectivity index (χ1v) is 11.4. The summed E-state index contributed by atoms with van der Waals surface area (Å²) in [7, 11) is 0. The van der Waals surface area contributed by atoms with E-state index in [0.717, 1.165) is 45.2 Å². The number of nitrogens with one attached hydrogen (secondary N) is 1. The van der Waals surface area contributed by atoms with Crippen molar-refractivity contribution < 1.29 is 19.1 Å². The normalized spacial score (nSPS) is 15.0. The fourth-order valence-corrected chi connectivity index (χ4v) is 3.62. The van der Waals surface area contributed by atoms with Gasteiger partial charge in [-0.3, -0.25) is 9.59 Å². The van der Waals surface area contributed by atoms with Crippen molar-refractivity contribution in [3.63, 3.8) is 0 Å². The van der Waals surface area contributed by atoms with Crippen molar-refractivity contribution in [2.75, 3.05) is 26.3 Å². The summed E-state index contributed by atoms with van der Waals surface area (Å²) in [5.74, 6) is 1.53. The van der Waals surface area contributed by atoms with Crippen LogP contribution in [0.5, 0.6) is 11.5 Å². The second-order valence-corrected chi connectivity index (χ2v) is 8.52. The monoisotopic (exact) mass is 418 g/mol. The second-order valence-electron chi connectivity index (χ2n) is 8.52. The van der Waals surface area contributed by atoms with Gasteiger partial charge >= 0.3 is 0 Å². The van der Waals surface area contributed by atoms with Gasteiger partial charge in [-0.15, -0.1) is 0 Å². The van der Waals surface area contributed by atoms with Crippen LogP contribution in [0.1, 0.15) is 76.6 Å². The smallest absolute Gasteiger partial charge is 0.260 e. The minimum Gasteiger partial charge on any atom is -0.490 e. The molecule has 168 valence electrons. The Morgan fingerprint density at radius 1 is 1.03 bits per heavy atom. The zero-order valence-electron chi connectivity index (χ0n) is 19.0. The molecule has 30 heavy (non-hydrogen) atoms. The molecule has 1 aromatic rings. The zero-order valence-corrected chi connectivity index (χ0v) is 19.0. The Hall–Kier alpha value is -2.24. The molecule has 1 N–H and O–H groups in total. The van der Waals surface area contributed by atoms with E-state index in [1.165, 1.54) is 6.42 Å². The Labute approximate surface area is 181 Å². The van der Waals surface area contributed by atoms with Crippen LogP contribution in [0.3, 0.4) is 0 Å². The van der Waals surface area contributed by atoms with Crippen molar-refractivity contribution in [2.45, 2.75) is 72.3 Å². The summed E-state index contributed by atoms with van der Waals surface area (Å²) in [6.45, 7) is 10.4. The number of ether oxygens (including phenoxy) is 2. The van der Waals surface area contributed by atoms with Gasteiger partial charge in [-0.2, -0.15) is 0 Å². The fraction of sp³-hybridized carbons (Fsp3) is 0.667. The molecule has 0 spiro atoms. The van der Waals surface area contributed by atoms with Gasteiger partial charge in [0, 0.05) is 24.7 Å². The molecule has 2 rings (SSSR count). The average Bonchev–Trinajstić information content (AvgIpc) is 2.73. The molecule has 6 heteroatoms. The van der Waals surface area contributed by atoms with Crippen LogP contribution in [0.15, 0.2) is 18.2 Å². The van der Waals surface area contributed by atoms with Gasteiger partial charge in [0.15, 0.2) is 18.1 Å². The van der Waals surface area contributed by atoms with E-state index in [1.54, 1.807) is 18.2 Å². The Bertz CT molecular complexity index is 684. The van der Waals surface area contributed by atoms with Gasteiger partial charge in [-0.25, -0.2) is 0 Å². The molecule has 1 aromatic carbocycles. The van der Waals surface area contributed by atoms with Crippen LogP contribution in [-0.4, -0.2) is 49.1 Å². The molecule has 1 aliphatic rings. The molecule has 0 bridgehead atoms. The molecule has 1 heterocycles. The molecule has 1 saturated heterocycles. The molecule has 0 aromatic heterocycles. The average molecular weight is 419 g/mol. The zero-order chi connectivity index (χ0) is 21.9. The van der Waals surface area contributed by atoms with E-state index in [2.05, 4.69) is 19.2 Å². The van der Waals surface area contributed by atoms with Crippen molar-refractivity contribution in [1.29, 1.82) is 0 Å². The third-order valence-corrected chi connectivity index (χ3v) is 5.36. The van der Waals surface area contributed by atoms with Crippen molar-refractivity contribution in [3.05, 3.63) is 23.8 Å². The summed E-state index contributed by atoms with van der Waals surface area (Å²) in [5, 5.41) is 3.06. The molecular formula is C24H38N2O4. The van der Waals surface area contributed by atoms with E-state index in [4.69, 9.17) is 9.47 Å². The van der Waals surface area contributed by atoms with Crippen molar-refractivity contribution in [2.24, 2.45) is 5.92 Å². The number of carbonyl (C=O) groups is 2. The summed E-state index contributed by atoms with van der Waals surface area (Å²) in [6.07, 6.45) is 6.50. The third-order valence-electron chi connectivity index (χ3n) is 5.36. The maximum absolute atomic E-state index is 12.6. The molecule has 1 aliphatic heterocycles. The van der Waals surface area contributed by atoms with Crippen molar-refractivity contribution in [1.82, 2.24) is 10.2 Å². The molecule has 0 aliphatic carbocycles. The summed E-state index contributed by atoms with van der Waals surface area (Å²) >= 11 is 0. The lowest BCUT2D eigenvalue weighted by atomic mass is 10.0. The standard InChI is InChI=1S/C24H38N2O4/c1-5-29-22-16-20(24(28)25-19(4)11-9-10-18(2)3)12-13-21(22)30-17-23(27)26-14-7-6-8-15-26/h12-13,16,18-19H,5-11,14-15,17H2,1-4H3,(H,25,28). The predicted octanol–water partition coefficient (Wildman–Crippen LogP) is 4.42. The lowest BCUT2D eigenvalue weighted by molar-refractivity contribution is -0.134. The lowest BCUT2D eigenvalue weighted by Crippen LogP contribution is -2.38. The van der Waals surface area contributed by atoms with Crippen molar-refractivity contribution in [3.8, 4) is 11.5 Å². The summed E-state index contributed by atoms with van der Waals surface area (Å²) in [4.78, 5) is 26.8. The van der Waals surface area contributed by atoms with Crippen LogP contribution in [0, 0.1) is 5.92 Å². The Kier molecular flexibility index (Phi) is 9.98. The molecule has 6 nitrogen and oxygen atoms in total. The van der Waals surface area contributed by atoms with Crippen LogP contribution < -0.4 is 14.8 Å². The van der Waals surface area contributed by atoms with Gasteiger partial charge in [-0.1, -0.05) is 26.7 Å². The summed E-state index contributed by atoms with van der Waals surface area (Å²) in [6, 6.07) is 5.25. The highest BCUT2D eigenvalue weighted by Gasteiger charge is 2.19. The number of likely N-dealkylation sites (tertiary alicyclic amines) is 1.